The van der Waals surface area contributed by atoms with Crippen LogP contribution in [0.4, 0.5) is 0 Å². The van der Waals surface area contributed by atoms with Crippen LogP contribution in [-0.2, 0) is 0 Å². The van der Waals surface area contributed by atoms with Crippen molar-refractivity contribution in [2.45, 2.75) is 13.8 Å². The average Bonchev–Trinajstić information content (AvgIpc) is 2.50. The van der Waals surface area contributed by atoms with Crippen molar-refractivity contribution in [2.24, 2.45) is 0 Å². The smallest absolute Gasteiger partial charge is 0.123 e. The molecule has 0 spiro atoms. The summed E-state index contributed by atoms with van der Waals surface area (Å²) in [4.78, 5) is 0. The average molecular weight is 290 g/mol. The summed E-state index contributed by atoms with van der Waals surface area (Å²) in [6, 6.07) is 18.8. The third kappa shape index (κ3) is 2.56. The van der Waals surface area contributed by atoms with E-state index in [2.05, 4.69) is 26.0 Å². The van der Waals surface area contributed by atoms with Gasteiger partial charge >= 0.3 is 0 Å². The van der Waals surface area contributed by atoms with Crippen LogP contribution in [0.15, 0.2) is 60.7 Å². The van der Waals surface area contributed by atoms with Crippen LogP contribution >= 0.6 is 0 Å². The quantitative estimate of drug-likeness (QED) is 0.693. The van der Waals surface area contributed by atoms with Gasteiger partial charge in [-0.1, -0.05) is 36.4 Å². The molecule has 0 radical (unpaired) electrons. The molecule has 2 heteroatoms. The molecule has 3 aromatic carbocycles. The highest BCUT2D eigenvalue weighted by atomic mass is 16.3. The Hall–Kier alpha value is -2.74. The lowest BCUT2D eigenvalue weighted by molar-refractivity contribution is 0.475. The lowest BCUT2D eigenvalue weighted by atomic mass is 9.92. The van der Waals surface area contributed by atoms with E-state index in [-0.39, 0.29) is 11.5 Å². The van der Waals surface area contributed by atoms with E-state index >= 15 is 0 Å². The van der Waals surface area contributed by atoms with Crippen LogP contribution in [0.5, 0.6) is 11.5 Å². The zero-order valence-electron chi connectivity index (χ0n) is 12.7. The van der Waals surface area contributed by atoms with Crippen LogP contribution in [-0.4, -0.2) is 10.2 Å². The first-order valence-corrected chi connectivity index (χ1v) is 7.25. The van der Waals surface area contributed by atoms with E-state index in [0.29, 0.717) is 0 Å². The number of aromatic hydroxyl groups is 2. The molecule has 3 rings (SSSR count). The Labute approximate surface area is 130 Å². The minimum absolute atomic E-state index is 0.248. The number of rotatable bonds is 2. The predicted octanol–water partition coefficient (Wildman–Crippen LogP) is 5.05. The zero-order chi connectivity index (χ0) is 15.7. The van der Waals surface area contributed by atoms with E-state index in [4.69, 9.17) is 0 Å². The van der Waals surface area contributed by atoms with Gasteiger partial charge in [-0.2, -0.15) is 0 Å². The fraction of sp³-hybridized carbons (Fsp3) is 0.100. The maximum absolute atomic E-state index is 10.3. The topological polar surface area (TPSA) is 40.5 Å². The van der Waals surface area contributed by atoms with Gasteiger partial charge in [0.15, 0.2) is 0 Å². The number of benzene rings is 3. The highest BCUT2D eigenvalue weighted by Gasteiger charge is 2.11. The Morgan fingerprint density at radius 2 is 1.27 bits per heavy atom. The first-order chi connectivity index (χ1) is 10.6. The highest BCUT2D eigenvalue weighted by Crippen LogP contribution is 2.37. The number of hydrogen-bond donors (Lipinski definition) is 2. The van der Waals surface area contributed by atoms with Crippen LogP contribution < -0.4 is 0 Å². The highest BCUT2D eigenvalue weighted by molar-refractivity contribution is 5.80. The normalized spacial score (nSPS) is 10.6. The van der Waals surface area contributed by atoms with Gasteiger partial charge in [-0.15, -0.1) is 0 Å². The summed E-state index contributed by atoms with van der Waals surface area (Å²) < 4.78 is 0. The number of phenols is 2. The van der Waals surface area contributed by atoms with E-state index in [0.717, 1.165) is 33.4 Å². The Kier molecular flexibility index (Phi) is 3.60. The third-order valence-corrected chi connectivity index (χ3v) is 3.95. The molecule has 0 aliphatic carbocycles. The molecule has 2 nitrogen and oxygen atoms in total. The molecule has 0 fully saturated rings. The number of aryl methyl sites for hydroxylation is 2. The van der Waals surface area contributed by atoms with Crippen LogP contribution in [0.2, 0.25) is 0 Å². The van der Waals surface area contributed by atoms with Gasteiger partial charge in [0, 0.05) is 5.56 Å². The van der Waals surface area contributed by atoms with Gasteiger partial charge in [0.1, 0.15) is 11.5 Å². The van der Waals surface area contributed by atoms with Gasteiger partial charge in [0.25, 0.3) is 0 Å². The molecule has 0 amide bonds. The van der Waals surface area contributed by atoms with Crippen LogP contribution in [0.1, 0.15) is 11.1 Å². The fourth-order valence-corrected chi connectivity index (χ4v) is 2.81. The summed E-state index contributed by atoms with van der Waals surface area (Å²) in [5.74, 6) is 0.525. The Bertz CT molecular complexity index is 797. The van der Waals surface area contributed by atoms with Crippen molar-refractivity contribution in [3.63, 3.8) is 0 Å². The van der Waals surface area contributed by atoms with Crippen molar-refractivity contribution in [3.05, 3.63) is 71.8 Å². The SMILES string of the molecule is Cc1cccc(C)c1-c1cc(-c2ccc(O)cc2)ccc1O. The van der Waals surface area contributed by atoms with Crippen molar-refractivity contribution in [1.82, 2.24) is 0 Å². The molecule has 0 aliphatic rings. The minimum Gasteiger partial charge on any atom is -0.508 e. The van der Waals surface area contributed by atoms with E-state index < -0.39 is 0 Å². The second-order valence-electron chi connectivity index (χ2n) is 5.55. The van der Waals surface area contributed by atoms with Crippen LogP contribution in [0.25, 0.3) is 22.3 Å². The largest absolute Gasteiger partial charge is 0.508 e. The molecule has 0 saturated heterocycles. The van der Waals surface area contributed by atoms with Crippen LogP contribution in [0, 0.1) is 13.8 Å². The molecule has 0 heterocycles. The molecule has 0 unspecified atom stereocenters. The summed E-state index contributed by atoms with van der Waals surface area (Å²) >= 11 is 0. The molecule has 0 aromatic heterocycles. The fourth-order valence-electron chi connectivity index (χ4n) is 2.81. The number of hydrogen-bond acceptors (Lipinski definition) is 2. The van der Waals surface area contributed by atoms with E-state index in [1.54, 1.807) is 18.2 Å². The molecule has 110 valence electrons. The molecule has 22 heavy (non-hydrogen) atoms. The molecule has 2 N–H and O–H groups in total. The van der Waals surface area contributed by atoms with Crippen molar-refractivity contribution in [2.75, 3.05) is 0 Å². The molecule has 3 aromatic rings. The standard InChI is InChI=1S/C20H18O2/c1-13-4-3-5-14(2)20(13)18-12-16(8-11-19(18)22)15-6-9-17(21)10-7-15/h3-12,21-22H,1-2H3. The molecular formula is C20H18O2. The van der Waals surface area contributed by atoms with Gasteiger partial charge in [-0.05, 0) is 65.9 Å². The Balaban J connectivity index is 2.17. The van der Waals surface area contributed by atoms with Gasteiger partial charge < -0.3 is 10.2 Å². The summed E-state index contributed by atoms with van der Waals surface area (Å²) in [6.07, 6.45) is 0. The van der Waals surface area contributed by atoms with E-state index in [1.807, 2.05) is 30.3 Å². The molecule has 0 bridgehead atoms. The third-order valence-electron chi connectivity index (χ3n) is 3.95. The van der Waals surface area contributed by atoms with Crippen molar-refractivity contribution in [1.29, 1.82) is 0 Å². The maximum atomic E-state index is 10.3. The second kappa shape index (κ2) is 5.57. The second-order valence-corrected chi connectivity index (χ2v) is 5.55. The Morgan fingerprint density at radius 3 is 1.91 bits per heavy atom. The minimum atomic E-state index is 0.248. The molecular weight excluding hydrogens is 272 g/mol. The van der Waals surface area contributed by atoms with Crippen molar-refractivity contribution in [3.8, 4) is 33.8 Å². The van der Waals surface area contributed by atoms with Gasteiger partial charge in [-0.3, -0.25) is 0 Å². The Morgan fingerprint density at radius 1 is 0.682 bits per heavy atom. The van der Waals surface area contributed by atoms with Gasteiger partial charge in [-0.25, -0.2) is 0 Å². The summed E-state index contributed by atoms with van der Waals surface area (Å²) in [5, 5.41) is 19.7. The van der Waals surface area contributed by atoms with E-state index in [1.165, 1.54) is 0 Å². The predicted molar refractivity (Wildman–Crippen MR) is 90.1 cm³/mol. The first kappa shape index (κ1) is 14.2. The van der Waals surface area contributed by atoms with Gasteiger partial charge in [0.2, 0.25) is 0 Å². The molecule has 0 atom stereocenters. The zero-order valence-corrected chi connectivity index (χ0v) is 12.7. The molecule has 0 saturated carbocycles. The monoisotopic (exact) mass is 290 g/mol. The van der Waals surface area contributed by atoms with Crippen LogP contribution in [0.3, 0.4) is 0 Å². The summed E-state index contributed by atoms with van der Waals surface area (Å²) in [5.41, 5.74) is 6.19. The number of phenolic OH excluding ortho intramolecular Hbond substituents is 2. The van der Waals surface area contributed by atoms with Gasteiger partial charge in [0.05, 0.1) is 0 Å². The van der Waals surface area contributed by atoms with E-state index in [9.17, 15) is 10.2 Å². The molecule has 0 aliphatic heterocycles. The van der Waals surface area contributed by atoms with Crippen molar-refractivity contribution >= 4 is 0 Å². The van der Waals surface area contributed by atoms with Crippen molar-refractivity contribution < 1.29 is 10.2 Å². The summed E-state index contributed by atoms with van der Waals surface area (Å²) in [7, 11) is 0. The lowest BCUT2D eigenvalue weighted by Crippen LogP contribution is -1.89. The maximum Gasteiger partial charge on any atom is 0.123 e. The first-order valence-electron chi connectivity index (χ1n) is 7.25. The summed E-state index contributed by atoms with van der Waals surface area (Å²) in [6.45, 7) is 4.10. The lowest BCUT2D eigenvalue weighted by Gasteiger charge is -2.13.